The van der Waals surface area contributed by atoms with Crippen molar-refractivity contribution in [3.63, 3.8) is 0 Å². The van der Waals surface area contributed by atoms with Gasteiger partial charge in [-0.25, -0.2) is 0 Å². The maximum atomic E-state index is 2.52. The summed E-state index contributed by atoms with van der Waals surface area (Å²) < 4.78 is 0. The first-order valence-electron chi connectivity index (χ1n) is 22.0. The molecule has 0 amide bonds. The Bertz CT molecular complexity index is 2930. The zero-order chi connectivity index (χ0) is 40.2. The molecule has 4 aliphatic rings. The minimum atomic E-state index is -0.0823. The number of allylic oxidation sites excluding steroid dienone is 6. The molecule has 0 fully saturated rings. The maximum Gasteiger partial charge on any atom is 0.0465 e. The van der Waals surface area contributed by atoms with Gasteiger partial charge in [0.25, 0.3) is 0 Å². The molecule has 0 bridgehead atoms. The van der Waals surface area contributed by atoms with E-state index in [1.54, 1.807) is 0 Å². The molecule has 4 aliphatic carbocycles. The fourth-order valence-electron chi connectivity index (χ4n) is 10.7. The standard InChI is InChI=1S/C59H49N/c1-3-59(4-2)56-36-40(24-26-45-29-34-53(44-16-9-6-10-17-44)58-51(22-13-23-52(45)58)43-14-7-5-8-15-43)25-33-54(56)55-35-32-50(39-57(55)59)60(48-30-27-41-18-11-20-46(41)37-48)49-31-28-42-19-12-21-47(42)38-49/h5-9,11-16,18-19,22-39H,3-4,10,17,20-21H2,1-2H3/b26-24+. The predicted molar refractivity (Wildman–Crippen MR) is 258 cm³/mol. The van der Waals surface area contributed by atoms with Crippen LogP contribution in [0.15, 0.2) is 164 Å². The van der Waals surface area contributed by atoms with Crippen molar-refractivity contribution in [3.05, 3.63) is 214 Å². The number of hydrogen-bond donors (Lipinski definition) is 0. The van der Waals surface area contributed by atoms with Crippen LogP contribution in [0.3, 0.4) is 0 Å². The Balaban J connectivity index is 0.989. The summed E-state index contributed by atoms with van der Waals surface area (Å²) in [6.45, 7) is 4.76. The first-order chi connectivity index (χ1) is 29.6. The van der Waals surface area contributed by atoms with Gasteiger partial charge in [-0.2, -0.15) is 0 Å². The van der Waals surface area contributed by atoms with E-state index in [2.05, 4.69) is 207 Å². The Morgan fingerprint density at radius 3 is 1.93 bits per heavy atom. The quantitative estimate of drug-likeness (QED) is 0.132. The molecule has 290 valence electrons. The van der Waals surface area contributed by atoms with Crippen molar-refractivity contribution in [2.24, 2.45) is 0 Å². The molecule has 60 heavy (non-hydrogen) atoms. The molecule has 0 aliphatic heterocycles. The summed E-state index contributed by atoms with van der Waals surface area (Å²) in [5.41, 5.74) is 22.4. The molecular formula is C59H49N. The molecule has 0 aromatic heterocycles. The van der Waals surface area contributed by atoms with Gasteiger partial charge in [0.15, 0.2) is 0 Å². The van der Waals surface area contributed by atoms with Crippen molar-refractivity contribution in [2.45, 2.75) is 57.8 Å². The van der Waals surface area contributed by atoms with Gasteiger partial charge >= 0.3 is 0 Å². The van der Waals surface area contributed by atoms with E-state index >= 15 is 0 Å². The van der Waals surface area contributed by atoms with Crippen molar-refractivity contribution in [1.29, 1.82) is 0 Å². The molecule has 0 saturated carbocycles. The summed E-state index contributed by atoms with van der Waals surface area (Å²) in [7, 11) is 0. The molecule has 0 saturated heterocycles. The predicted octanol–water partition coefficient (Wildman–Crippen LogP) is 16.1. The van der Waals surface area contributed by atoms with Gasteiger partial charge in [-0.1, -0.05) is 166 Å². The van der Waals surface area contributed by atoms with Crippen molar-refractivity contribution in [1.82, 2.24) is 0 Å². The van der Waals surface area contributed by atoms with Crippen LogP contribution in [-0.4, -0.2) is 0 Å². The summed E-state index contributed by atoms with van der Waals surface area (Å²) in [6, 6.07) is 50.9. The van der Waals surface area contributed by atoms with E-state index in [0.717, 1.165) is 38.5 Å². The van der Waals surface area contributed by atoms with Gasteiger partial charge in [0.1, 0.15) is 0 Å². The van der Waals surface area contributed by atoms with Crippen LogP contribution in [0.25, 0.3) is 62.9 Å². The molecule has 7 aromatic rings. The van der Waals surface area contributed by atoms with E-state index in [1.807, 2.05) is 0 Å². The first kappa shape index (κ1) is 36.4. The average molecular weight is 772 g/mol. The Labute approximate surface area is 355 Å². The van der Waals surface area contributed by atoms with Gasteiger partial charge in [0.2, 0.25) is 0 Å². The van der Waals surface area contributed by atoms with Crippen molar-refractivity contribution < 1.29 is 0 Å². The normalized spacial score (nSPS) is 15.3. The number of benzene rings is 7. The summed E-state index contributed by atoms with van der Waals surface area (Å²) in [4.78, 5) is 2.49. The Hall–Kier alpha value is -6.70. The third-order valence-corrected chi connectivity index (χ3v) is 13.8. The zero-order valence-electron chi connectivity index (χ0n) is 34.6. The van der Waals surface area contributed by atoms with Gasteiger partial charge in [-0.15, -0.1) is 0 Å². The number of nitrogens with zero attached hydrogens (tertiary/aromatic N) is 1. The topological polar surface area (TPSA) is 3.24 Å². The molecule has 0 N–H and O–H groups in total. The second kappa shape index (κ2) is 14.8. The van der Waals surface area contributed by atoms with Crippen LogP contribution in [0.2, 0.25) is 0 Å². The molecule has 11 rings (SSSR count). The maximum absolute atomic E-state index is 2.52. The molecule has 0 heterocycles. The van der Waals surface area contributed by atoms with Crippen LogP contribution < -0.4 is 4.90 Å². The second-order valence-electron chi connectivity index (χ2n) is 16.9. The highest BCUT2D eigenvalue weighted by atomic mass is 15.1. The van der Waals surface area contributed by atoms with Gasteiger partial charge < -0.3 is 4.90 Å². The van der Waals surface area contributed by atoms with E-state index in [4.69, 9.17) is 0 Å². The first-order valence-corrected chi connectivity index (χ1v) is 22.0. The molecule has 0 unspecified atom stereocenters. The van der Waals surface area contributed by atoms with Crippen LogP contribution >= 0.6 is 0 Å². The SMILES string of the molecule is CCC1(CC)c2cc(/C=C/c3ccc(C4=CC=CCC4)c4c(-c5ccccc5)cccc34)ccc2-c2ccc(N(c3ccc4c(c3)CC=C4)c3ccc4c(c3)CC=C4)cc21. The van der Waals surface area contributed by atoms with Gasteiger partial charge in [0, 0.05) is 22.5 Å². The molecule has 1 nitrogen and oxygen atoms in total. The third kappa shape index (κ3) is 5.98. The fraction of sp³-hybridized carbons (Fsp3) is 0.153. The van der Waals surface area contributed by atoms with Crippen LogP contribution in [-0.2, 0) is 18.3 Å². The summed E-state index contributed by atoms with van der Waals surface area (Å²) >= 11 is 0. The van der Waals surface area contributed by atoms with E-state index in [0.29, 0.717) is 0 Å². The lowest BCUT2D eigenvalue weighted by Gasteiger charge is -2.32. The average Bonchev–Trinajstić information content (AvgIpc) is 4.05. The van der Waals surface area contributed by atoms with Crippen LogP contribution in [0, 0.1) is 0 Å². The van der Waals surface area contributed by atoms with Crippen LogP contribution in [0.1, 0.15) is 89.6 Å². The minimum absolute atomic E-state index is 0.0823. The number of anilines is 3. The number of rotatable bonds is 9. The van der Waals surface area contributed by atoms with Crippen LogP contribution in [0.5, 0.6) is 0 Å². The lowest BCUT2D eigenvalue weighted by atomic mass is 9.73. The van der Waals surface area contributed by atoms with Crippen LogP contribution in [0.4, 0.5) is 17.1 Å². The highest BCUT2D eigenvalue weighted by Gasteiger charge is 2.41. The molecule has 7 aromatic carbocycles. The highest BCUT2D eigenvalue weighted by Crippen LogP contribution is 2.55. The molecular weight excluding hydrogens is 723 g/mol. The Morgan fingerprint density at radius 1 is 0.567 bits per heavy atom. The Morgan fingerprint density at radius 2 is 1.23 bits per heavy atom. The van der Waals surface area contributed by atoms with Gasteiger partial charge in [0.05, 0.1) is 0 Å². The number of hydrogen-bond acceptors (Lipinski definition) is 1. The molecule has 0 atom stereocenters. The summed E-state index contributed by atoms with van der Waals surface area (Å²) in [6.07, 6.45) is 26.7. The number of fused-ring (bicyclic) bond motifs is 6. The molecule has 1 heteroatoms. The van der Waals surface area contributed by atoms with Gasteiger partial charge in [-0.05, 0) is 164 Å². The van der Waals surface area contributed by atoms with E-state index in [9.17, 15) is 0 Å². The third-order valence-electron chi connectivity index (χ3n) is 13.8. The van der Waals surface area contributed by atoms with E-state index in [1.165, 1.54) is 106 Å². The summed E-state index contributed by atoms with van der Waals surface area (Å²) in [5.74, 6) is 0. The Kier molecular flexibility index (Phi) is 9.00. The molecule has 0 radical (unpaired) electrons. The zero-order valence-corrected chi connectivity index (χ0v) is 34.6. The largest absolute Gasteiger partial charge is 0.310 e. The van der Waals surface area contributed by atoms with Crippen molar-refractivity contribution >= 4 is 57.7 Å². The van der Waals surface area contributed by atoms with Gasteiger partial charge in [-0.3, -0.25) is 0 Å². The fourth-order valence-corrected chi connectivity index (χ4v) is 10.7. The molecule has 0 spiro atoms. The van der Waals surface area contributed by atoms with E-state index in [-0.39, 0.29) is 5.41 Å². The lowest BCUT2D eigenvalue weighted by molar-refractivity contribution is 0.490. The minimum Gasteiger partial charge on any atom is -0.310 e. The van der Waals surface area contributed by atoms with Crippen molar-refractivity contribution in [2.75, 3.05) is 4.90 Å². The monoisotopic (exact) mass is 771 g/mol. The second-order valence-corrected chi connectivity index (χ2v) is 16.9. The lowest BCUT2D eigenvalue weighted by Crippen LogP contribution is -2.23. The smallest absolute Gasteiger partial charge is 0.0465 e. The highest BCUT2D eigenvalue weighted by molar-refractivity contribution is 6.08. The van der Waals surface area contributed by atoms with Crippen molar-refractivity contribution in [3.8, 4) is 22.3 Å². The van der Waals surface area contributed by atoms with E-state index < -0.39 is 0 Å². The summed E-state index contributed by atoms with van der Waals surface area (Å²) in [5, 5.41) is 2.63.